The number of halogens is 1. The van der Waals surface area contributed by atoms with Gasteiger partial charge in [0.1, 0.15) is 5.88 Å². The summed E-state index contributed by atoms with van der Waals surface area (Å²) in [6, 6.07) is 0.455. The number of carbonyl (C=O) groups is 2. The maximum absolute atomic E-state index is 11.3. The van der Waals surface area contributed by atoms with Crippen LogP contribution in [0.4, 0.5) is 4.79 Å². The minimum atomic E-state index is -0.462. The highest BCUT2D eigenvalue weighted by Crippen LogP contribution is 2.29. The molecule has 1 aliphatic carbocycles. The van der Waals surface area contributed by atoms with E-state index in [1.54, 1.807) is 0 Å². The van der Waals surface area contributed by atoms with Crippen LogP contribution in [0, 0.1) is 0 Å². The summed E-state index contributed by atoms with van der Waals surface area (Å²) in [5, 5.41) is 4.96. The Bertz CT molecular complexity index is 294. The molecule has 5 nitrogen and oxygen atoms in total. The summed E-state index contributed by atoms with van der Waals surface area (Å²) >= 11 is 5.29. The van der Waals surface area contributed by atoms with Gasteiger partial charge in [-0.25, -0.2) is 4.79 Å². The Balaban J connectivity index is 1.69. The van der Waals surface area contributed by atoms with E-state index >= 15 is 0 Å². The number of alkyl halides is 1. The van der Waals surface area contributed by atoms with E-state index in [4.69, 9.17) is 11.6 Å². The second kappa shape index (κ2) is 5.01. The Hall–Kier alpha value is -0.810. The van der Waals surface area contributed by atoms with Crippen molar-refractivity contribution in [3.8, 4) is 0 Å². The predicted molar refractivity (Wildman–Crippen MR) is 60.4 cm³/mol. The van der Waals surface area contributed by atoms with Crippen molar-refractivity contribution >= 4 is 23.5 Å². The predicted octanol–water partition coefficient (Wildman–Crippen LogP) is 0.288. The summed E-state index contributed by atoms with van der Waals surface area (Å²) in [5.74, 6) is -0.650. The van der Waals surface area contributed by atoms with Crippen molar-refractivity contribution in [2.45, 2.75) is 31.3 Å². The lowest BCUT2D eigenvalue weighted by molar-refractivity contribution is -0.117. The lowest BCUT2D eigenvalue weighted by Crippen LogP contribution is -2.46. The van der Waals surface area contributed by atoms with Gasteiger partial charge in [0.25, 0.3) is 0 Å². The molecule has 3 amide bonds. The van der Waals surface area contributed by atoms with E-state index in [-0.39, 0.29) is 11.9 Å². The maximum atomic E-state index is 11.3. The molecule has 0 bridgehead atoms. The molecule has 2 fully saturated rings. The van der Waals surface area contributed by atoms with Gasteiger partial charge in [0.05, 0.1) is 0 Å². The molecule has 1 unspecified atom stereocenters. The second-order valence-corrected chi connectivity index (χ2v) is 4.63. The highest BCUT2D eigenvalue weighted by Gasteiger charge is 2.34. The molecule has 0 spiro atoms. The van der Waals surface area contributed by atoms with E-state index in [9.17, 15) is 9.59 Å². The van der Waals surface area contributed by atoms with Gasteiger partial charge in [0.2, 0.25) is 5.91 Å². The van der Waals surface area contributed by atoms with Crippen LogP contribution in [0.15, 0.2) is 0 Å². The summed E-state index contributed by atoms with van der Waals surface area (Å²) in [4.78, 5) is 24.6. The molecule has 0 radical (unpaired) electrons. The molecule has 1 aliphatic heterocycles. The quantitative estimate of drug-likeness (QED) is 0.703. The topological polar surface area (TPSA) is 61.4 Å². The Morgan fingerprint density at radius 1 is 1.31 bits per heavy atom. The summed E-state index contributed by atoms with van der Waals surface area (Å²) in [6.07, 6.45) is 3.52. The van der Waals surface area contributed by atoms with Crippen LogP contribution >= 0.6 is 11.6 Å². The third-order valence-corrected chi connectivity index (χ3v) is 3.24. The van der Waals surface area contributed by atoms with Crippen molar-refractivity contribution in [3.63, 3.8) is 0 Å². The largest absolute Gasteiger partial charge is 0.334 e. The van der Waals surface area contributed by atoms with Crippen LogP contribution < -0.4 is 10.6 Å². The number of imide groups is 1. The number of amides is 3. The van der Waals surface area contributed by atoms with Gasteiger partial charge in [0, 0.05) is 25.2 Å². The van der Waals surface area contributed by atoms with Gasteiger partial charge >= 0.3 is 6.03 Å². The lowest BCUT2D eigenvalue weighted by atomic mass is 10.3. The van der Waals surface area contributed by atoms with E-state index in [0.29, 0.717) is 0 Å². The molecule has 2 aliphatic rings. The van der Waals surface area contributed by atoms with Crippen molar-refractivity contribution in [3.05, 3.63) is 0 Å². The van der Waals surface area contributed by atoms with Gasteiger partial charge < -0.3 is 5.32 Å². The van der Waals surface area contributed by atoms with Crippen LogP contribution in [0.3, 0.4) is 0 Å². The first-order valence-corrected chi connectivity index (χ1v) is 6.13. The third kappa shape index (κ3) is 3.09. The van der Waals surface area contributed by atoms with E-state index < -0.39 is 11.9 Å². The van der Waals surface area contributed by atoms with E-state index in [2.05, 4.69) is 15.5 Å². The fourth-order valence-corrected chi connectivity index (χ4v) is 2.12. The number of nitrogens with zero attached hydrogens (tertiary/aromatic N) is 1. The van der Waals surface area contributed by atoms with Crippen LogP contribution in [-0.4, -0.2) is 47.9 Å². The molecule has 1 atom stereocenters. The van der Waals surface area contributed by atoms with Gasteiger partial charge in [0.15, 0.2) is 0 Å². The number of urea groups is 1. The smallest absolute Gasteiger partial charge is 0.321 e. The first-order valence-electron chi connectivity index (χ1n) is 5.59. The highest BCUT2D eigenvalue weighted by molar-refractivity contribution is 6.28. The van der Waals surface area contributed by atoms with E-state index in [1.807, 2.05) is 0 Å². The number of likely N-dealkylation sites (tertiary alicyclic amines) is 1. The molecular formula is C10H16ClN3O2. The minimum absolute atomic E-state index is 0.156. The minimum Gasteiger partial charge on any atom is -0.334 e. The van der Waals surface area contributed by atoms with Gasteiger partial charge in [-0.3, -0.25) is 15.0 Å². The van der Waals surface area contributed by atoms with Gasteiger partial charge in [-0.2, -0.15) is 0 Å². The zero-order valence-electron chi connectivity index (χ0n) is 9.04. The fraction of sp³-hybridized carbons (Fsp3) is 0.800. The molecule has 2 N–H and O–H groups in total. The Kier molecular flexibility index (Phi) is 3.66. The molecule has 16 heavy (non-hydrogen) atoms. The number of hydrogen-bond acceptors (Lipinski definition) is 3. The number of carbonyl (C=O) groups excluding carboxylic acids is 2. The molecule has 1 saturated heterocycles. The van der Waals surface area contributed by atoms with Crippen LogP contribution in [0.25, 0.3) is 0 Å². The van der Waals surface area contributed by atoms with Crippen molar-refractivity contribution < 1.29 is 9.59 Å². The van der Waals surface area contributed by atoms with E-state index in [0.717, 1.165) is 25.6 Å². The Morgan fingerprint density at radius 3 is 2.69 bits per heavy atom. The third-order valence-electron chi connectivity index (χ3n) is 2.99. The monoisotopic (exact) mass is 245 g/mol. The number of hydrogen-bond donors (Lipinski definition) is 2. The van der Waals surface area contributed by atoms with Crippen molar-refractivity contribution in [2.24, 2.45) is 0 Å². The van der Waals surface area contributed by atoms with E-state index in [1.165, 1.54) is 12.8 Å². The molecule has 0 aromatic heterocycles. The first-order chi connectivity index (χ1) is 7.69. The molecule has 0 aromatic rings. The van der Waals surface area contributed by atoms with Gasteiger partial charge in [-0.15, -0.1) is 11.6 Å². The number of nitrogens with one attached hydrogen (secondary N) is 2. The van der Waals surface area contributed by atoms with Crippen LogP contribution in [-0.2, 0) is 4.79 Å². The average Bonchev–Trinajstić information content (AvgIpc) is 3.00. The molecule has 0 aromatic carbocycles. The van der Waals surface area contributed by atoms with Gasteiger partial charge in [-0.1, -0.05) is 0 Å². The van der Waals surface area contributed by atoms with Crippen molar-refractivity contribution in [1.82, 2.24) is 15.5 Å². The molecule has 1 heterocycles. The first kappa shape index (κ1) is 11.7. The van der Waals surface area contributed by atoms with Gasteiger partial charge in [-0.05, 0) is 19.3 Å². The zero-order valence-corrected chi connectivity index (χ0v) is 9.79. The van der Waals surface area contributed by atoms with Crippen LogP contribution in [0.2, 0.25) is 0 Å². The van der Waals surface area contributed by atoms with Crippen molar-refractivity contribution in [2.75, 3.05) is 19.0 Å². The van der Waals surface area contributed by atoms with Crippen molar-refractivity contribution in [1.29, 1.82) is 0 Å². The van der Waals surface area contributed by atoms with Crippen LogP contribution in [0.1, 0.15) is 19.3 Å². The number of rotatable bonds is 3. The zero-order chi connectivity index (χ0) is 11.5. The summed E-state index contributed by atoms with van der Waals surface area (Å²) < 4.78 is 0. The molecule has 2 rings (SSSR count). The normalized spacial score (nSPS) is 25.4. The molecule has 90 valence electrons. The summed E-state index contributed by atoms with van der Waals surface area (Å²) in [5.41, 5.74) is 0. The Morgan fingerprint density at radius 2 is 2.06 bits per heavy atom. The molecule has 6 heteroatoms. The van der Waals surface area contributed by atoms with Crippen LogP contribution in [0.5, 0.6) is 0 Å². The Labute approximate surface area is 99.5 Å². The average molecular weight is 246 g/mol. The second-order valence-electron chi connectivity index (χ2n) is 4.37. The molecular weight excluding hydrogens is 230 g/mol. The lowest BCUT2D eigenvalue weighted by Gasteiger charge is -2.15. The standard InChI is InChI=1S/C10H16ClN3O2/c11-5-9(15)13-10(16)12-7-3-4-14(6-7)8-1-2-8/h7-8H,1-6H2,(H2,12,13,15,16). The SMILES string of the molecule is O=C(CCl)NC(=O)NC1CCN(C2CC2)C1. The fourth-order valence-electron chi connectivity index (χ4n) is 2.06. The summed E-state index contributed by atoms with van der Waals surface area (Å²) in [7, 11) is 0. The maximum Gasteiger partial charge on any atom is 0.321 e. The molecule has 1 saturated carbocycles. The summed E-state index contributed by atoms with van der Waals surface area (Å²) in [6.45, 7) is 1.94. The highest BCUT2D eigenvalue weighted by atomic mass is 35.5.